The van der Waals surface area contributed by atoms with Crippen LogP contribution in [0.15, 0.2) is 30.7 Å². The molecule has 13 heteroatoms. The summed E-state index contributed by atoms with van der Waals surface area (Å²) < 4.78 is 6.85. The molecule has 36 heavy (non-hydrogen) atoms. The maximum atomic E-state index is 13.2. The van der Waals surface area contributed by atoms with E-state index in [1.165, 1.54) is 30.2 Å². The second-order valence-electron chi connectivity index (χ2n) is 8.87. The fraction of sp³-hybridized carbons (Fsp3) is 0.304. The number of aliphatic hydroxyl groups is 1. The summed E-state index contributed by atoms with van der Waals surface area (Å²) in [6.07, 6.45) is 5.47. The van der Waals surface area contributed by atoms with Gasteiger partial charge in [0.25, 0.3) is 11.8 Å². The number of nitrogens with one attached hydrogen (secondary N) is 2. The van der Waals surface area contributed by atoms with Gasteiger partial charge in [0.1, 0.15) is 16.6 Å². The zero-order chi connectivity index (χ0) is 25.6. The maximum Gasteiger partial charge on any atom is 0.271 e. The minimum Gasteiger partial charge on any atom is -0.494 e. The van der Waals surface area contributed by atoms with Crippen LogP contribution in [0.25, 0.3) is 16.1 Å². The second kappa shape index (κ2) is 9.12. The van der Waals surface area contributed by atoms with Gasteiger partial charge in [-0.05, 0) is 38.8 Å². The number of imidazole rings is 1. The minimum absolute atomic E-state index is 0.0822. The number of aryl methyl sites for hydroxylation is 1. The van der Waals surface area contributed by atoms with Gasteiger partial charge < -0.3 is 15.2 Å². The second-order valence-corrected chi connectivity index (χ2v) is 10.2. The molecule has 0 saturated heterocycles. The van der Waals surface area contributed by atoms with E-state index in [2.05, 4.69) is 30.7 Å². The number of pyridine rings is 2. The number of aromatic nitrogens is 5. The molecule has 1 saturated carbocycles. The van der Waals surface area contributed by atoms with E-state index in [9.17, 15) is 14.7 Å². The highest BCUT2D eigenvalue weighted by molar-refractivity contribution is 7.20. The molecule has 2 amide bonds. The summed E-state index contributed by atoms with van der Waals surface area (Å²) in [5, 5.41) is 20.3. The molecule has 5 rings (SSSR count). The number of carbonyl (C=O) groups is 2. The van der Waals surface area contributed by atoms with E-state index < -0.39 is 11.5 Å². The summed E-state index contributed by atoms with van der Waals surface area (Å²) in [5.74, 6) is -0.304. The smallest absolute Gasteiger partial charge is 0.271 e. The third kappa shape index (κ3) is 4.74. The molecule has 186 valence electrons. The number of methoxy groups -OCH3 is 1. The van der Waals surface area contributed by atoms with E-state index in [-0.39, 0.29) is 22.8 Å². The molecular formula is C23H22ClN7O4S. The molecule has 0 radical (unpaired) electrons. The van der Waals surface area contributed by atoms with Crippen LogP contribution in [0.2, 0.25) is 5.15 Å². The van der Waals surface area contributed by atoms with Crippen LogP contribution in [0.4, 0.5) is 5.13 Å². The first-order chi connectivity index (χ1) is 17.1. The van der Waals surface area contributed by atoms with Gasteiger partial charge in [0, 0.05) is 29.1 Å². The molecule has 4 aromatic heterocycles. The van der Waals surface area contributed by atoms with Crippen LogP contribution >= 0.6 is 22.9 Å². The van der Waals surface area contributed by atoms with Gasteiger partial charge in [0.15, 0.2) is 0 Å². The van der Waals surface area contributed by atoms with Crippen LogP contribution in [-0.2, 0) is 0 Å². The van der Waals surface area contributed by atoms with Crippen molar-refractivity contribution in [2.45, 2.75) is 38.3 Å². The lowest BCUT2D eigenvalue weighted by Crippen LogP contribution is -2.53. The summed E-state index contributed by atoms with van der Waals surface area (Å²) in [6.45, 7) is 3.55. The zero-order valence-corrected chi connectivity index (χ0v) is 21.1. The molecule has 1 aliphatic carbocycles. The van der Waals surface area contributed by atoms with Crippen molar-refractivity contribution >= 4 is 44.8 Å². The fourth-order valence-corrected chi connectivity index (χ4v) is 5.08. The summed E-state index contributed by atoms with van der Waals surface area (Å²) >= 11 is 7.23. The number of ether oxygens (including phenoxy) is 1. The van der Waals surface area contributed by atoms with Gasteiger partial charge in [-0.15, -0.1) is 5.10 Å². The fourth-order valence-electron chi connectivity index (χ4n) is 4.14. The van der Waals surface area contributed by atoms with Gasteiger partial charge in [-0.3, -0.25) is 19.9 Å². The van der Waals surface area contributed by atoms with Crippen LogP contribution in [0, 0.1) is 6.92 Å². The number of fused-ring (bicyclic) bond motifs is 1. The van der Waals surface area contributed by atoms with Crippen molar-refractivity contribution in [2.75, 3.05) is 12.4 Å². The Balaban J connectivity index is 1.36. The Bertz CT molecular complexity index is 1460. The normalized spacial score (nSPS) is 19.1. The van der Waals surface area contributed by atoms with E-state index in [0.29, 0.717) is 51.1 Å². The predicted octanol–water partition coefficient (Wildman–Crippen LogP) is 3.11. The van der Waals surface area contributed by atoms with Gasteiger partial charge in [0.2, 0.25) is 10.1 Å². The van der Waals surface area contributed by atoms with E-state index >= 15 is 0 Å². The molecule has 0 unspecified atom stereocenters. The molecular weight excluding hydrogens is 506 g/mol. The Morgan fingerprint density at radius 2 is 2.00 bits per heavy atom. The molecule has 3 N–H and O–H groups in total. The van der Waals surface area contributed by atoms with Crippen molar-refractivity contribution in [2.24, 2.45) is 0 Å². The van der Waals surface area contributed by atoms with Gasteiger partial charge >= 0.3 is 0 Å². The number of rotatable bonds is 6. The lowest BCUT2D eigenvalue weighted by atomic mass is 9.77. The van der Waals surface area contributed by atoms with Crippen molar-refractivity contribution in [3.63, 3.8) is 0 Å². The third-order valence-electron chi connectivity index (χ3n) is 5.83. The summed E-state index contributed by atoms with van der Waals surface area (Å²) in [6, 6.07) is 3.31. The average molecular weight is 528 g/mol. The van der Waals surface area contributed by atoms with Gasteiger partial charge in [0.05, 0.1) is 30.7 Å². The largest absolute Gasteiger partial charge is 0.494 e. The average Bonchev–Trinajstić information content (AvgIpc) is 3.36. The quantitative estimate of drug-likeness (QED) is 0.324. The van der Waals surface area contributed by atoms with E-state index in [1.807, 2.05) is 6.92 Å². The lowest BCUT2D eigenvalue weighted by molar-refractivity contribution is -0.0367. The van der Waals surface area contributed by atoms with Gasteiger partial charge in [-0.25, -0.2) is 14.5 Å². The Kier molecular flexibility index (Phi) is 6.10. The first-order valence-electron chi connectivity index (χ1n) is 11.0. The topological polar surface area (TPSA) is 144 Å². The third-order valence-corrected chi connectivity index (χ3v) is 6.88. The standard InChI is InChI=1S/C23H22ClN7O4S/c1-11-4-13(14-5-18(24)26-9-17(14)35-3)15(8-25-11)19(32)29-21-30-31-10-16(28-22(31)36-21)20(33)27-12-6-23(2,34)7-12/h4-5,8-10,12,34H,6-7H2,1-3H3,(H,27,33)(H,29,30,32). The lowest BCUT2D eigenvalue weighted by Gasteiger charge is -2.40. The molecule has 11 nitrogen and oxygen atoms in total. The van der Waals surface area contributed by atoms with Gasteiger partial charge in [-0.1, -0.05) is 22.9 Å². The molecule has 1 fully saturated rings. The molecule has 4 heterocycles. The summed E-state index contributed by atoms with van der Waals surface area (Å²) in [7, 11) is 1.51. The van der Waals surface area contributed by atoms with Gasteiger partial charge in [-0.2, -0.15) is 0 Å². The predicted molar refractivity (Wildman–Crippen MR) is 134 cm³/mol. The summed E-state index contributed by atoms with van der Waals surface area (Å²) in [5.41, 5.74) is 1.67. The number of carbonyl (C=O) groups excluding carboxylic acids is 2. The van der Waals surface area contributed by atoms with Crippen molar-refractivity contribution in [3.05, 3.63) is 52.8 Å². The molecule has 4 aromatic rings. The number of hydrogen-bond donors (Lipinski definition) is 3. The first-order valence-corrected chi connectivity index (χ1v) is 12.2. The van der Waals surface area contributed by atoms with Crippen LogP contribution in [0.1, 0.15) is 46.3 Å². The number of hydrogen-bond acceptors (Lipinski definition) is 9. The van der Waals surface area contributed by atoms with E-state index in [4.69, 9.17) is 16.3 Å². The Hall–Kier alpha value is -3.61. The van der Waals surface area contributed by atoms with Crippen molar-refractivity contribution in [3.8, 4) is 16.9 Å². The van der Waals surface area contributed by atoms with Crippen molar-refractivity contribution in [1.82, 2.24) is 29.9 Å². The Morgan fingerprint density at radius 1 is 1.22 bits per heavy atom. The molecule has 0 atom stereocenters. The first kappa shape index (κ1) is 24.1. The number of halogens is 1. The Morgan fingerprint density at radius 3 is 2.69 bits per heavy atom. The molecule has 0 bridgehead atoms. The SMILES string of the molecule is COc1cnc(Cl)cc1-c1cc(C)ncc1C(=O)Nc1nn2cc(C(=O)NC3CC(C)(O)C3)nc2s1. The van der Waals surface area contributed by atoms with Crippen molar-refractivity contribution < 1.29 is 19.4 Å². The number of anilines is 1. The molecule has 1 aliphatic rings. The molecule has 0 aromatic carbocycles. The number of amides is 2. The Labute approximate surface area is 214 Å². The van der Waals surface area contributed by atoms with E-state index in [0.717, 1.165) is 11.3 Å². The van der Waals surface area contributed by atoms with Crippen LogP contribution in [0.5, 0.6) is 5.75 Å². The number of nitrogens with zero attached hydrogens (tertiary/aromatic N) is 5. The van der Waals surface area contributed by atoms with Crippen molar-refractivity contribution in [1.29, 1.82) is 0 Å². The van der Waals surface area contributed by atoms with Crippen LogP contribution in [-0.4, -0.2) is 60.2 Å². The van der Waals surface area contributed by atoms with Crippen LogP contribution in [0.3, 0.4) is 0 Å². The highest BCUT2D eigenvalue weighted by Crippen LogP contribution is 2.34. The molecule has 0 spiro atoms. The molecule has 0 aliphatic heterocycles. The maximum absolute atomic E-state index is 13.2. The monoisotopic (exact) mass is 527 g/mol. The minimum atomic E-state index is -0.733. The zero-order valence-electron chi connectivity index (χ0n) is 19.6. The van der Waals surface area contributed by atoms with E-state index in [1.54, 1.807) is 19.1 Å². The highest BCUT2D eigenvalue weighted by Gasteiger charge is 2.39. The summed E-state index contributed by atoms with van der Waals surface area (Å²) in [4.78, 5) is 38.7. The van der Waals surface area contributed by atoms with Crippen LogP contribution < -0.4 is 15.4 Å². The highest BCUT2D eigenvalue weighted by atomic mass is 35.5.